The van der Waals surface area contributed by atoms with Crippen molar-refractivity contribution in [1.82, 2.24) is 5.32 Å². The van der Waals surface area contributed by atoms with Crippen LogP contribution in [-0.2, 0) is 4.74 Å². The molecule has 1 fully saturated rings. The van der Waals surface area contributed by atoms with Crippen LogP contribution in [0, 0.1) is 19.8 Å². The van der Waals surface area contributed by atoms with Crippen LogP contribution in [0.2, 0.25) is 5.02 Å². The Morgan fingerprint density at radius 1 is 1.37 bits per heavy atom. The second-order valence-corrected chi connectivity index (χ2v) is 6.00. The summed E-state index contributed by atoms with van der Waals surface area (Å²) in [6, 6.07) is 4.54. The summed E-state index contributed by atoms with van der Waals surface area (Å²) in [6.07, 6.45) is 1.41. The van der Waals surface area contributed by atoms with Crippen LogP contribution in [0.15, 0.2) is 12.1 Å². The van der Waals surface area contributed by atoms with Gasteiger partial charge < -0.3 is 10.1 Å². The Balaban J connectivity index is 2.35. The number of aryl methyl sites for hydroxylation is 2. The third-order valence-corrected chi connectivity index (χ3v) is 4.49. The summed E-state index contributed by atoms with van der Waals surface area (Å²) in [6.45, 7) is 10.4. The van der Waals surface area contributed by atoms with Crippen LogP contribution >= 0.6 is 11.6 Å². The monoisotopic (exact) mass is 281 g/mol. The molecule has 1 aliphatic heterocycles. The summed E-state index contributed by atoms with van der Waals surface area (Å²) in [7, 11) is 0. The van der Waals surface area contributed by atoms with Gasteiger partial charge in [0.05, 0.1) is 12.1 Å². The molecule has 0 aliphatic carbocycles. The van der Waals surface area contributed by atoms with E-state index in [1.54, 1.807) is 0 Å². The molecule has 0 aromatic heterocycles. The molecule has 1 aromatic carbocycles. The Kier molecular flexibility index (Phi) is 4.88. The molecule has 3 heteroatoms. The number of hydrogen-bond acceptors (Lipinski definition) is 2. The standard InChI is InChI=1S/C16H24ClNO/c1-5-18-15(16-10(2)6-7-19-16)13-8-12(4)14(17)9-11(13)3/h8-10,15-16,18H,5-7H2,1-4H3. The smallest absolute Gasteiger partial charge is 0.0796 e. The van der Waals surface area contributed by atoms with Crippen molar-refractivity contribution in [3.8, 4) is 0 Å². The molecule has 1 N–H and O–H groups in total. The Labute approximate surface area is 121 Å². The van der Waals surface area contributed by atoms with Crippen molar-refractivity contribution in [3.63, 3.8) is 0 Å². The van der Waals surface area contributed by atoms with E-state index >= 15 is 0 Å². The summed E-state index contributed by atoms with van der Waals surface area (Å²) >= 11 is 6.20. The Bertz CT molecular complexity index is 447. The summed E-state index contributed by atoms with van der Waals surface area (Å²) in [5.74, 6) is 0.597. The predicted molar refractivity (Wildman–Crippen MR) is 80.9 cm³/mol. The second kappa shape index (κ2) is 6.25. The number of likely N-dealkylation sites (N-methyl/N-ethyl adjacent to an activating group) is 1. The van der Waals surface area contributed by atoms with Crippen molar-refractivity contribution in [2.24, 2.45) is 5.92 Å². The van der Waals surface area contributed by atoms with Gasteiger partial charge >= 0.3 is 0 Å². The van der Waals surface area contributed by atoms with Gasteiger partial charge in [0.1, 0.15) is 0 Å². The van der Waals surface area contributed by atoms with E-state index in [1.807, 2.05) is 0 Å². The van der Waals surface area contributed by atoms with Crippen molar-refractivity contribution in [2.75, 3.05) is 13.2 Å². The first-order chi connectivity index (χ1) is 9.04. The topological polar surface area (TPSA) is 21.3 Å². The van der Waals surface area contributed by atoms with Gasteiger partial charge in [0.15, 0.2) is 0 Å². The Hall–Kier alpha value is -0.570. The van der Waals surface area contributed by atoms with Gasteiger partial charge in [-0.3, -0.25) is 0 Å². The van der Waals surface area contributed by atoms with Gasteiger partial charge in [-0.15, -0.1) is 0 Å². The van der Waals surface area contributed by atoms with Gasteiger partial charge in [0, 0.05) is 11.6 Å². The number of nitrogens with one attached hydrogen (secondary N) is 1. The van der Waals surface area contributed by atoms with E-state index in [4.69, 9.17) is 16.3 Å². The summed E-state index contributed by atoms with van der Waals surface area (Å²) in [4.78, 5) is 0. The Morgan fingerprint density at radius 3 is 2.68 bits per heavy atom. The van der Waals surface area contributed by atoms with Crippen LogP contribution in [0.25, 0.3) is 0 Å². The van der Waals surface area contributed by atoms with Crippen molar-refractivity contribution >= 4 is 11.6 Å². The lowest BCUT2D eigenvalue weighted by Crippen LogP contribution is -2.35. The van der Waals surface area contributed by atoms with Crippen LogP contribution < -0.4 is 5.32 Å². The molecule has 1 heterocycles. The average Bonchev–Trinajstić information content (AvgIpc) is 2.77. The highest BCUT2D eigenvalue weighted by Crippen LogP contribution is 2.34. The lowest BCUT2D eigenvalue weighted by molar-refractivity contribution is 0.0610. The zero-order valence-electron chi connectivity index (χ0n) is 12.3. The molecule has 19 heavy (non-hydrogen) atoms. The maximum absolute atomic E-state index is 6.20. The molecule has 2 rings (SSSR count). The fourth-order valence-electron chi connectivity index (χ4n) is 2.90. The van der Waals surface area contributed by atoms with E-state index in [9.17, 15) is 0 Å². The molecule has 0 bridgehead atoms. The molecule has 0 amide bonds. The third-order valence-electron chi connectivity index (χ3n) is 4.08. The molecule has 0 radical (unpaired) electrons. The normalized spacial score (nSPS) is 24.7. The Morgan fingerprint density at radius 2 is 2.11 bits per heavy atom. The minimum Gasteiger partial charge on any atom is -0.376 e. The second-order valence-electron chi connectivity index (χ2n) is 5.59. The minimum atomic E-state index is 0.262. The summed E-state index contributed by atoms with van der Waals surface area (Å²) < 4.78 is 5.96. The van der Waals surface area contributed by atoms with E-state index in [1.165, 1.54) is 11.1 Å². The zero-order chi connectivity index (χ0) is 14.0. The first-order valence-electron chi connectivity index (χ1n) is 7.16. The van der Waals surface area contributed by atoms with Crippen molar-refractivity contribution in [2.45, 2.75) is 46.3 Å². The van der Waals surface area contributed by atoms with Gasteiger partial charge in [-0.1, -0.05) is 31.5 Å². The van der Waals surface area contributed by atoms with E-state index in [0.717, 1.165) is 30.2 Å². The van der Waals surface area contributed by atoms with Crippen LogP contribution in [0.3, 0.4) is 0 Å². The molecule has 1 aliphatic rings. The molecule has 0 saturated carbocycles. The number of halogens is 1. The summed E-state index contributed by atoms with van der Waals surface area (Å²) in [5.41, 5.74) is 3.70. The quantitative estimate of drug-likeness (QED) is 0.900. The molecule has 1 aromatic rings. The fourth-order valence-corrected chi connectivity index (χ4v) is 3.12. The number of benzene rings is 1. The van der Waals surface area contributed by atoms with Gasteiger partial charge in [-0.05, 0) is 55.5 Å². The van der Waals surface area contributed by atoms with Crippen LogP contribution in [0.1, 0.15) is 43.0 Å². The van der Waals surface area contributed by atoms with E-state index < -0.39 is 0 Å². The predicted octanol–water partition coefficient (Wildman–Crippen LogP) is 4.03. The molecule has 3 unspecified atom stereocenters. The van der Waals surface area contributed by atoms with Gasteiger partial charge in [-0.2, -0.15) is 0 Å². The fraction of sp³-hybridized carbons (Fsp3) is 0.625. The molecule has 0 spiro atoms. The molecule has 106 valence electrons. The number of hydrogen-bond donors (Lipinski definition) is 1. The van der Waals surface area contributed by atoms with Crippen LogP contribution in [0.4, 0.5) is 0 Å². The number of ether oxygens (including phenoxy) is 1. The largest absolute Gasteiger partial charge is 0.376 e. The van der Waals surface area contributed by atoms with Crippen molar-refractivity contribution in [1.29, 1.82) is 0 Å². The lowest BCUT2D eigenvalue weighted by Gasteiger charge is -2.29. The van der Waals surface area contributed by atoms with Crippen LogP contribution in [-0.4, -0.2) is 19.3 Å². The average molecular weight is 282 g/mol. The van der Waals surface area contributed by atoms with Crippen molar-refractivity contribution < 1.29 is 4.74 Å². The van der Waals surface area contributed by atoms with Crippen molar-refractivity contribution in [3.05, 3.63) is 33.8 Å². The highest BCUT2D eigenvalue weighted by atomic mass is 35.5. The molecular weight excluding hydrogens is 258 g/mol. The SMILES string of the molecule is CCNC(c1cc(C)c(Cl)cc1C)C1OCCC1C. The third kappa shape index (κ3) is 3.13. The molecule has 1 saturated heterocycles. The minimum absolute atomic E-state index is 0.262. The highest BCUT2D eigenvalue weighted by molar-refractivity contribution is 6.31. The molecule has 2 nitrogen and oxygen atoms in total. The highest BCUT2D eigenvalue weighted by Gasteiger charge is 2.33. The lowest BCUT2D eigenvalue weighted by atomic mass is 9.89. The van der Waals surface area contributed by atoms with Gasteiger partial charge in [-0.25, -0.2) is 0 Å². The number of rotatable bonds is 4. The van der Waals surface area contributed by atoms with E-state index in [0.29, 0.717) is 5.92 Å². The van der Waals surface area contributed by atoms with Crippen LogP contribution in [0.5, 0.6) is 0 Å². The zero-order valence-corrected chi connectivity index (χ0v) is 13.1. The molecular formula is C16H24ClNO. The van der Waals surface area contributed by atoms with E-state index in [-0.39, 0.29) is 12.1 Å². The summed E-state index contributed by atoms with van der Waals surface area (Å²) in [5, 5.41) is 4.44. The van der Waals surface area contributed by atoms with Gasteiger partial charge in [0.2, 0.25) is 0 Å². The maximum atomic E-state index is 6.20. The molecule has 3 atom stereocenters. The maximum Gasteiger partial charge on any atom is 0.0796 e. The van der Waals surface area contributed by atoms with E-state index in [2.05, 4.69) is 45.1 Å². The van der Waals surface area contributed by atoms with Gasteiger partial charge in [0.25, 0.3) is 0 Å². The first kappa shape index (κ1) is 14.8. The first-order valence-corrected chi connectivity index (χ1v) is 7.54.